The van der Waals surface area contributed by atoms with E-state index in [9.17, 15) is 29.1 Å². The van der Waals surface area contributed by atoms with Crippen molar-refractivity contribution in [3.63, 3.8) is 0 Å². The van der Waals surface area contributed by atoms with E-state index in [-0.39, 0.29) is 17.1 Å². The number of rotatable bonds is 1. The summed E-state index contributed by atoms with van der Waals surface area (Å²) < 4.78 is 22.0. The van der Waals surface area contributed by atoms with Crippen LogP contribution in [0.5, 0.6) is 23.0 Å². The molecule has 1 unspecified atom stereocenters. The van der Waals surface area contributed by atoms with Gasteiger partial charge in [-0.3, -0.25) is 4.79 Å². The Balaban J connectivity index is 1.61. The first kappa shape index (κ1) is 25.5. The maximum atomic E-state index is 13.7. The zero-order chi connectivity index (χ0) is 28.9. The fourth-order valence-electron chi connectivity index (χ4n) is 4.70. The quantitative estimate of drug-likeness (QED) is 0.246. The van der Waals surface area contributed by atoms with Crippen molar-refractivity contribution in [2.24, 2.45) is 0 Å². The largest absolute Gasteiger partial charge is 0.478 e. The zero-order valence-corrected chi connectivity index (χ0v) is 21.2. The second kappa shape index (κ2) is 9.45. The van der Waals surface area contributed by atoms with Crippen molar-refractivity contribution < 1.29 is 48.0 Å². The molecule has 7 heterocycles. The molecule has 1 atom stereocenters. The van der Waals surface area contributed by atoms with Crippen LogP contribution in [0.1, 0.15) is 59.5 Å². The van der Waals surface area contributed by atoms with Crippen molar-refractivity contribution in [2.75, 3.05) is 0 Å². The van der Waals surface area contributed by atoms with Gasteiger partial charge >= 0.3 is 29.8 Å². The van der Waals surface area contributed by atoms with Crippen molar-refractivity contribution in [1.82, 2.24) is 0 Å². The summed E-state index contributed by atoms with van der Waals surface area (Å²) in [5.41, 5.74) is -2.27. The third-order valence-electron chi connectivity index (χ3n) is 6.99. The highest BCUT2D eigenvalue weighted by Crippen LogP contribution is 2.38. The van der Waals surface area contributed by atoms with Crippen LogP contribution in [0.2, 0.25) is 0 Å². The van der Waals surface area contributed by atoms with Crippen LogP contribution < -0.4 is 9.47 Å². The van der Waals surface area contributed by atoms with Gasteiger partial charge in [-0.2, -0.15) is 0 Å². The summed E-state index contributed by atoms with van der Waals surface area (Å²) in [5, 5.41) is 9.74. The molecule has 0 radical (unpaired) electrons. The van der Waals surface area contributed by atoms with Crippen LogP contribution in [0.4, 0.5) is 0 Å². The fourth-order valence-corrected chi connectivity index (χ4v) is 4.70. The van der Waals surface area contributed by atoms with Gasteiger partial charge in [-0.25, -0.2) is 19.2 Å². The molecule has 41 heavy (non-hydrogen) atoms. The molecule has 1 N–H and O–H groups in total. The normalized spacial score (nSPS) is 17.7. The molecule has 10 heteroatoms. The van der Waals surface area contributed by atoms with Gasteiger partial charge in [0.1, 0.15) is 28.4 Å². The Morgan fingerprint density at radius 3 is 1.59 bits per heavy atom. The smallest absolute Gasteiger partial charge is 0.347 e. The minimum Gasteiger partial charge on any atom is -0.478 e. The molecule has 202 valence electrons. The molecular weight excluding hydrogens is 532 g/mol. The number of hydrogen-bond acceptors (Lipinski definition) is 9. The molecule has 7 aliphatic rings. The van der Waals surface area contributed by atoms with Crippen LogP contribution in [-0.4, -0.2) is 35.0 Å². The Morgan fingerprint density at radius 2 is 1.02 bits per heavy atom. The average molecular weight is 550 g/mol. The van der Waals surface area contributed by atoms with Gasteiger partial charge in [0.25, 0.3) is 0 Å². The first-order chi connectivity index (χ1) is 19.6. The minimum absolute atomic E-state index is 0.0977. The summed E-state index contributed by atoms with van der Waals surface area (Å²) in [4.78, 5) is 65.2. The van der Waals surface area contributed by atoms with Crippen molar-refractivity contribution in [3.8, 4) is 23.0 Å². The molecule has 0 aromatic heterocycles. The highest BCUT2D eigenvalue weighted by molar-refractivity contribution is 6.12. The van der Waals surface area contributed by atoms with Gasteiger partial charge < -0.3 is 24.1 Å². The first-order valence-corrected chi connectivity index (χ1v) is 12.2. The van der Waals surface area contributed by atoms with E-state index in [2.05, 4.69) is 0 Å². The predicted octanol–water partition coefficient (Wildman–Crippen LogP) is 5.28. The maximum Gasteiger partial charge on any atom is 0.347 e. The van der Waals surface area contributed by atoms with Crippen molar-refractivity contribution in [2.45, 2.75) is 12.3 Å². The molecule has 4 aromatic rings. The number of carboxylic acids is 1. The fraction of sp³-hybridized carbons (Fsp3) is 0.0645. The first-order valence-electron chi connectivity index (χ1n) is 12.2. The van der Waals surface area contributed by atoms with Crippen molar-refractivity contribution in [3.05, 3.63) is 118 Å². The minimum atomic E-state index is -1.50. The standard InChI is InChI=1S/C31H18O10/c1-31-16-2-6-18(7-3-16)38-20-10-12-22(24(14-20)26(32)33)27(34)40-29(36)25-15-21(39-19-8-4-17(31)5-9-19)11-13-23(25)28(35)41-30(31)37/h2-15H,1H3,(H,32,33). The molecule has 4 aromatic carbocycles. The lowest BCUT2D eigenvalue weighted by Crippen LogP contribution is -2.37. The lowest BCUT2D eigenvalue weighted by atomic mass is 9.76. The SMILES string of the molecule is CC12C(=O)OC(=O)c3ccc(cc3C(=O)OC(=O)c3ccc(cc3C(=O)O)Oc3ccc1cc3)Oc1ccc2cc1. The molecule has 7 aliphatic heterocycles. The van der Waals surface area contributed by atoms with E-state index in [0.717, 1.165) is 18.2 Å². The summed E-state index contributed by atoms with van der Waals surface area (Å²) in [6.07, 6.45) is 0. The van der Waals surface area contributed by atoms with Gasteiger partial charge in [-0.1, -0.05) is 24.3 Å². The summed E-state index contributed by atoms with van der Waals surface area (Å²) in [6, 6.07) is 20.3. The van der Waals surface area contributed by atoms with E-state index in [0.29, 0.717) is 22.6 Å². The van der Waals surface area contributed by atoms with Gasteiger partial charge in [0.15, 0.2) is 0 Å². The lowest BCUT2D eigenvalue weighted by Gasteiger charge is -2.28. The van der Waals surface area contributed by atoms with Crippen LogP contribution in [0.25, 0.3) is 0 Å². The summed E-state index contributed by atoms with van der Waals surface area (Å²) in [5.74, 6) is -5.26. The number of hydrogen-bond donors (Lipinski definition) is 1. The van der Waals surface area contributed by atoms with Crippen molar-refractivity contribution in [1.29, 1.82) is 0 Å². The third kappa shape index (κ3) is 4.37. The number of fused-ring (bicyclic) bond motifs is 2. The van der Waals surface area contributed by atoms with Gasteiger partial charge in [0, 0.05) is 0 Å². The van der Waals surface area contributed by atoms with E-state index in [1.807, 2.05) is 0 Å². The van der Waals surface area contributed by atoms with E-state index in [4.69, 9.17) is 18.9 Å². The van der Waals surface area contributed by atoms with E-state index < -0.39 is 52.0 Å². The molecule has 10 bridgehead atoms. The van der Waals surface area contributed by atoms with E-state index in [1.165, 1.54) is 18.2 Å². The monoisotopic (exact) mass is 550 g/mol. The second-order valence-corrected chi connectivity index (χ2v) is 9.45. The number of aromatic carboxylic acids is 1. The maximum absolute atomic E-state index is 13.7. The number of benzene rings is 4. The van der Waals surface area contributed by atoms with Gasteiger partial charge in [-0.15, -0.1) is 0 Å². The number of carbonyl (C=O) groups is 5. The Bertz CT molecular complexity index is 1790. The molecule has 0 amide bonds. The molecule has 0 spiro atoms. The van der Waals surface area contributed by atoms with Crippen LogP contribution in [-0.2, 0) is 19.7 Å². The van der Waals surface area contributed by atoms with E-state index in [1.54, 1.807) is 55.5 Å². The topological polar surface area (TPSA) is 142 Å². The Hall–Kier alpha value is -5.77. The molecule has 11 rings (SSSR count). The number of carboxylic acid groups (broad SMARTS) is 1. The molecule has 0 aliphatic carbocycles. The second-order valence-electron chi connectivity index (χ2n) is 9.45. The van der Waals surface area contributed by atoms with E-state index >= 15 is 0 Å². The lowest BCUT2D eigenvalue weighted by molar-refractivity contribution is -0.142. The summed E-state index contributed by atoms with van der Waals surface area (Å²) in [7, 11) is 0. The average Bonchev–Trinajstić information content (AvgIpc) is 2.98. The van der Waals surface area contributed by atoms with Crippen LogP contribution in [0.3, 0.4) is 0 Å². The molecule has 0 saturated carbocycles. The third-order valence-corrected chi connectivity index (χ3v) is 6.99. The molecule has 0 fully saturated rings. The highest BCUT2D eigenvalue weighted by Gasteiger charge is 2.41. The Kier molecular flexibility index (Phi) is 5.88. The Labute approximate surface area is 231 Å². The highest BCUT2D eigenvalue weighted by atomic mass is 16.6. The van der Waals surface area contributed by atoms with Gasteiger partial charge in [0.2, 0.25) is 0 Å². The van der Waals surface area contributed by atoms with Crippen molar-refractivity contribution >= 4 is 29.8 Å². The summed E-state index contributed by atoms with van der Waals surface area (Å²) in [6.45, 7) is 1.58. The van der Waals surface area contributed by atoms with Crippen LogP contribution >= 0.6 is 0 Å². The van der Waals surface area contributed by atoms with Crippen LogP contribution in [0.15, 0.2) is 84.9 Å². The zero-order valence-electron chi connectivity index (χ0n) is 21.2. The molecule has 10 nitrogen and oxygen atoms in total. The molecule has 0 saturated heterocycles. The predicted molar refractivity (Wildman–Crippen MR) is 139 cm³/mol. The number of esters is 4. The van der Waals surface area contributed by atoms with Gasteiger partial charge in [0.05, 0.1) is 22.3 Å². The van der Waals surface area contributed by atoms with Gasteiger partial charge in [-0.05, 0) is 78.7 Å². The number of carbonyl (C=O) groups excluding carboxylic acids is 4. The number of ether oxygens (including phenoxy) is 4. The summed E-state index contributed by atoms with van der Waals surface area (Å²) >= 11 is 0. The van der Waals surface area contributed by atoms with Crippen LogP contribution in [0, 0.1) is 0 Å². The Morgan fingerprint density at radius 1 is 0.561 bits per heavy atom. The molecular formula is C31H18O10.